The first kappa shape index (κ1) is 27.1. The van der Waals surface area contributed by atoms with Crippen LogP contribution in [0.25, 0.3) is 5.16 Å². The van der Waals surface area contributed by atoms with Crippen molar-refractivity contribution in [1.82, 2.24) is 0 Å². The quantitative estimate of drug-likeness (QED) is 0.263. The predicted octanol–water partition coefficient (Wildman–Crippen LogP) is 8.31. The minimum atomic E-state index is -1.69. The standard InChI is InChI=1S/C10H15.C9H21NP.2ClH.Ti/c1-6-7(2)9(4)10(5)8(6)3;1-7(2)11(10,8(3)4)9(5)6;;;/h1-5H3;7-9H,1-6H3;2*1H;/q2*-1;;;+2/p-2. The summed E-state index contributed by atoms with van der Waals surface area (Å²) in [5.41, 5.74) is 8.68. The normalized spacial score (nSPS) is 11.2. The van der Waals surface area contributed by atoms with Gasteiger partial charge in [0.2, 0.25) is 0 Å². The molecule has 5 heteroatoms. The molecule has 0 radical (unpaired) electrons. The molecule has 1 aromatic carbocycles. The van der Waals surface area contributed by atoms with Gasteiger partial charge in [-0.25, -0.2) is 7.05 Å². The van der Waals surface area contributed by atoms with Gasteiger partial charge in [0.15, 0.2) is 0 Å². The van der Waals surface area contributed by atoms with Crippen molar-refractivity contribution >= 4 is 25.7 Å². The third-order valence-corrected chi connectivity index (χ3v) is 10.3. The van der Waals surface area contributed by atoms with E-state index in [0.29, 0.717) is 17.0 Å². The molecule has 1 aromatic rings. The van der Waals surface area contributed by atoms with Crippen LogP contribution in [-0.2, 0) is 17.0 Å². The fourth-order valence-electron chi connectivity index (χ4n) is 3.20. The first-order chi connectivity index (χ1) is 10.8. The van der Waals surface area contributed by atoms with Crippen molar-refractivity contribution in [3.8, 4) is 0 Å². The molecule has 0 atom stereocenters. The summed E-state index contributed by atoms with van der Waals surface area (Å²) >= 11 is -0.556. The van der Waals surface area contributed by atoms with Crippen molar-refractivity contribution in [2.75, 3.05) is 0 Å². The molecule has 24 heavy (non-hydrogen) atoms. The second kappa shape index (κ2) is 12.3. The summed E-state index contributed by atoms with van der Waals surface area (Å²) in [5.74, 6) is 0. The van der Waals surface area contributed by atoms with Gasteiger partial charge < -0.3 is 5.16 Å². The van der Waals surface area contributed by atoms with Crippen LogP contribution in [0.4, 0.5) is 0 Å². The van der Waals surface area contributed by atoms with Crippen LogP contribution in [0.1, 0.15) is 69.4 Å². The Hall–Kier alpha value is 0.874. The van der Waals surface area contributed by atoms with Gasteiger partial charge in [-0.1, -0.05) is 76.2 Å². The Bertz CT molecular complexity index is 425. The minimum absolute atomic E-state index is 0.447. The summed E-state index contributed by atoms with van der Waals surface area (Å²) in [6.07, 6.45) is 0. The Balaban J connectivity index is 0. The van der Waals surface area contributed by atoms with E-state index in [1.54, 1.807) is 0 Å². The van der Waals surface area contributed by atoms with Crippen LogP contribution in [-0.4, -0.2) is 17.0 Å². The second-order valence-electron chi connectivity index (χ2n) is 7.27. The van der Waals surface area contributed by atoms with Crippen molar-refractivity contribution in [1.29, 1.82) is 0 Å². The molecule has 0 saturated carbocycles. The van der Waals surface area contributed by atoms with Crippen LogP contribution >= 0.6 is 25.7 Å². The van der Waals surface area contributed by atoms with Crippen LogP contribution < -0.4 is 0 Å². The van der Waals surface area contributed by atoms with Crippen molar-refractivity contribution in [2.24, 2.45) is 0 Å². The Labute approximate surface area is 168 Å². The van der Waals surface area contributed by atoms with Gasteiger partial charge in [0.25, 0.3) is 0 Å². The SMILES string of the molecule is CC(C)P(=[N-])(C(C)C)C(C)C.Cc1c(C)c(C)[c-](C)c1C.[Cl][Ti][Cl]. The van der Waals surface area contributed by atoms with Crippen LogP contribution in [0.5, 0.6) is 0 Å². The van der Waals surface area contributed by atoms with Gasteiger partial charge in [-0.3, -0.25) is 0 Å². The fourth-order valence-corrected chi connectivity index (χ4v) is 6.77. The van der Waals surface area contributed by atoms with E-state index < -0.39 is 24.1 Å². The number of hydrogen-bond donors (Lipinski definition) is 0. The Morgan fingerprint density at radius 2 is 1.00 bits per heavy atom. The molecule has 0 aliphatic heterocycles. The van der Waals surface area contributed by atoms with E-state index in [9.17, 15) is 5.16 Å². The van der Waals surface area contributed by atoms with Gasteiger partial charge in [-0.2, -0.15) is 27.8 Å². The Kier molecular flexibility index (Phi) is 13.9. The molecule has 0 amide bonds. The molecule has 0 N–H and O–H groups in total. The average Bonchev–Trinajstić information content (AvgIpc) is 2.65. The molecular weight excluding hydrogens is 392 g/mol. The van der Waals surface area contributed by atoms with Gasteiger partial charge >= 0.3 is 35.6 Å². The Morgan fingerprint density at radius 3 is 1.04 bits per heavy atom. The summed E-state index contributed by atoms with van der Waals surface area (Å²) in [6, 6.07) is 0. The molecular formula is C19H36Cl2NPTi-2. The third kappa shape index (κ3) is 7.24. The number of halogens is 2. The van der Waals surface area contributed by atoms with E-state index in [0.717, 1.165) is 0 Å². The van der Waals surface area contributed by atoms with Crippen LogP contribution in [0.15, 0.2) is 0 Å². The third-order valence-electron chi connectivity index (χ3n) is 5.29. The van der Waals surface area contributed by atoms with E-state index in [4.69, 9.17) is 18.6 Å². The molecule has 0 spiro atoms. The Morgan fingerprint density at radius 1 is 0.792 bits per heavy atom. The zero-order chi connectivity index (χ0) is 19.8. The average molecular weight is 428 g/mol. The molecule has 1 nitrogen and oxygen atoms in total. The van der Waals surface area contributed by atoms with Crippen molar-refractivity contribution in [3.63, 3.8) is 0 Å². The van der Waals surface area contributed by atoms with Crippen LogP contribution in [0, 0.1) is 34.6 Å². The summed E-state index contributed by atoms with van der Waals surface area (Å²) in [6.45, 7) is 23.8. The van der Waals surface area contributed by atoms with Crippen molar-refractivity contribution in [2.45, 2.75) is 93.1 Å². The molecule has 0 aromatic heterocycles. The first-order valence-corrected chi connectivity index (χ1v) is 14.8. The van der Waals surface area contributed by atoms with Crippen LogP contribution in [0.2, 0.25) is 0 Å². The van der Waals surface area contributed by atoms with E-state index in [1.165, 1.54) is 27.8 Å². The maximum atomic E-state index is 10.4. The summed E-state index contributed by atoms with van der Waals surface area (Å²) in [4.78, 5) is 0. The topological polar surface area (TPSA) is 22.3 Å². The maximum absolute atomic E-state index is 10.4. The number of hydrogen-bond acceptors (Lipinski definition) is 0. The van der Waals surface area contributed by atoms with E-state index >= 15 is 0 Å². The molecule has 0 saturated heterocycles. The molecule has 0 aliphatic carbocycles. The first-order valence-electron chi connectivity index (χ1n) is 8.57. The van der Waals surface area contributed by atoms with E-state index in [-0.39, 0.29) is 0 Å². The zero-order valence-electron chi connectivity index (χ0n) is 17.4. The number of rotatable bonds is 3. The molecule has 0 unspecified atom stereocenters. The fraction of sp³-hybridized carbons (Fsp3) is 0.737. The second-order valence-corrected chi connectivity index (χ2v) is 14.5. The summed E-state index contributed by atoms with van der Waals surface area (Å²) < 4.78 is 0. The molecule has 0 aliphatic rings. The molecule has 0 bridgehead atoms. The predicted molar refractivity (Wildman–Crippen MR) is 113 cm³/mol. The summed E-state index contributed by atoms with van der Waals surface area (Å²) in [5, 5.41) is 10.4. The zero-order valence-corrected chi connectivity index (χ0v) is 21.4. The molecule has 142 valence electrons. The molecule has 0 fully saturated rings. The van der Waals surface area contributed by atoms with Gasteiger partial charge in [-0.15, -0.1) is 0 Å². The van der Waals surface area contributed by atoms with E-state index in [2.05, 4.69) is 76.2 Å². The number of nitrogens with zero attached hydrogens (tertiary/aromatic N) is 1. The van der Waals surface area contributed by atoms with Gasteiger partial charge in [-0.05, 0) is 17.0 Å². The van der Waals surface area contributed by atoms with Gasteiger partial charge in [0.1, 0.15) is 0 Å². The molecule has 0 heterocycles. The van der Waals surface area contributed by atoms with Crippen molar-refractivity contribution in [3.05, 3.63) is 33.0 Å². The van der Waals surface area contributed by atoms with Gasteiger partial charge in [0, 0.05) is 0 Å². The van der Waals surface area contributed by atoms with Gasteiger partial charge in [0.05, 0.1) is 0 Å². The van der Waals surface area contributed by atoms with E-state index in [1.807, 2.05) is 0 Å². The van der Waals surface area contributed by atoms with Crippen LogP contribution in [0.3, 0.4) is 0 Å². The molecule has 1 rings (SSSR count). The summed E-state index contributed by atoms with van der Waals surface area (Å²) in [7, 11) is 8.09. The monoisotopic (exact) mass is 427 g/mol. The van der Waals surface area contributed by atoms with Crippen molar-refractivity contribution < 1.29 is 17.0 Å².